The van der Waals surface area contributed by atoms with Crippen LogP contribution in [-0.2, 0) is 4.74 Å². The number of methoxy groups -OCH3 is 1. The molecule has 7 nitrogen and oxygen atoms in total. The zero-order valence-electron chi connectivity index (χ0n) is 21.6. The summed E-state index contributed by atoms with van der Waals surface area (Å²) in [6, 6.07) is 14.0. The highest BCUT2D eigenvalue weighted by atomic mass is 35.5. The second kappa shape index (κ2) is 11.4. The highest BCUT2D eigenvalue weighted by Gasteiger charge is 2.41. The summed E-state index contributed by atoms with van der Waals surface area (Å²) in [6.45, 7) is 9.78. The Hall–Kier alpha value is -2.65. The summed E-state index contributed by atoms with van der Waals surface area (Å²) in [6.07, 6.45) is 2.87. The first kappa shape index (κ1) is 26.0. The summed E-state index contributed by atoms with van der Waals surface area (Å²) in [5.41, 5.74) is 5.37. The monoisotopic (exact) mass is 539 g/mol. The van der Waals surface area contributed by atoms with E-state index >= 15 is 0 Å². The number of morpholine rings is 1. The Morgan fingerprint density at radius 2 is 1.95 bits per heavy atom. The normalized spacial score (nSPS) is 20.3. The summed E-state index contributed by atoms with van der Waals surface area (Å²) < 4.78 is 13.4. The van der Waals surface area contributed by atoms with Crippen molar-refractivity contribution in [2.24, 2.45) is 0 Å². The first-order chi connectivity index (χ1) is 18.0. The van der Waals surface area contributed by atoms with Crippen molar-refractivity contribution in [2.75, 3.05) is 46.5 Å². The van der Waals surface area contributed by atoms with E-state index in [4.69, 9.17) is 38.3 Å². The fourth-order valence-corrected chi connectivity index (χ4v) is 6.07. The van der Waals surface area contributed by atoms with E-state index in [1.165, 1.54) is 5.56 Å². The predicted octanol–water partition coefficient (Wildman–Crippen LogP) is 4.85. The van der Waals surface area contributed by atoms with Crippen LogP contribution in [-0.4, -0.2) is 71.0 Å². The molecule has 4 heterocycles. The second-order valence-corrected chi connectivity index (χ2v) is 10.4. The van der Waals surface area contributed by atoms with Gasteiger partial charge in [0.2, 0.25) is 0 Å². The number of ether oxygens (including phenoxy) is 2. The average Bonchev–Trinajstić information content (AvgIpc) is 3.39. The highest BCUT2D eigenvalue weighted by Crippen LogP contribution is 2.42. The van der Waals surface area contributed by atoms with Gasteiger partial charge in [-0.1, -0.05) is 17.7 Å². The third-order valence-corrected chi connectivity index (χ3v) is 7.93. The fraction of sp³-hybridized carbons (Fsp3) is 0.429. The van der Waals surface area contributed by atoms with Crippen LogP contribution in [0.3, 0.4) is 0 Å². The van der Waals surface area contributed by atoms with Gasteiger partial charge in [0.25, 0.3) is 0 Å². The maximum absolute atomic E-state index is 6.40. The first-order valence-corrected chi connectivity index (χ1v) is 13.6. The van der Waals surface area contributed by atoms with E-state index in [0.29, 0.717) is 5.02 Å². The lowest BCUT2D eigenvalue weighted by atomic mass is 9.96. The van der Waals surface area contributed by atoms with Crippen molar-refractivity contribution in [3.63, 3.8) is 0 Å². The number of benzene rings is 1. The number of pyridine rings is 1. The van der Waals surface area contributed by atoms with Crippen molar-refractivity contribution in [1.82, 2.24) is 24.7 Å². The lowest BCUT2D eigenvalue weighted by Crippen LogP contribution is -2.39. The van der Waals surface area contributed by atoms with Crippen LogP contribution in [0, 0.1) is 13.8 Å². The van der Waals surface area contributed by atoms with Gasteiger partial charge in [0.1, 0.15) is 5.75 Å². The molecular weight excluding hydrogens is 506 g/mol. The van der Waals surface area contributed by atoms with Crippen molar-refractivity contribution < 1.29 is 9.47 Å². The zero-order chi connectivity index (χ0) is 25.9. The number of hydrogen-bond donors (Lipinski definition) is 1. The Balaban J connectivity index is 1.51. The van der Waals surface area contributed by atoms with Gasteiger partial charge >= 0.3 is 0 Å². The molecule has 2 aliphatic heterocycles. The molecule has 2 atom stereocenters. The molecule has 1 aromatic carbocycles. The van der Waals surface area contributed by atoms with Gasteiger partial charge in [0, 0.05) is 48.8 Å². The van der Waals surface area contributed by atoms with Gasteiger partial charge in [-0.05, 0) is 74.4 Å². The molecule has 0 aliphatic carbocycles. The Labute approximate surface area is 229 Å². The molecule has 9 heteroatoms. The molecule has 0 radical (unpaired) electrons. The second-order valence-electron chi connectivity index (χ2n) is 9.61. The third-order valence-electron chi connectivity index (χ3n) is 7.35. The van der Waals surface area contributed by atoms with Gasteiger partial charge in [-0.25, -0.2) is 0 Å². The van der Waals surface area contributed by atoms with Crippen molar-refractivity contribution in [1.29, 1.82) is 0 Å². The molecule has 37 heavy (non-hydrogen) atoms. The molecule has 0 bridgehead atoms. The molecule has 0 spiro atoms. The van der Waals surface area contributed by atoms with Gasteiger partial charge < -0.3 is 24.3 Å². The number of rotatable bonds is 8. The first-order valence-electron chi connectivity index (χ1n) is 12.8. The van der Waals surface area contributed by atoms with Crippen molar-refractivity contribution in [2.45, 2.75) is 32.4 Å². The van der Waals surface area contributed by atoms with Crippen LogP contribution in [0.2, 0.25) is 5.02 Å². The number of nitrogens with zero attached hydrogens (tertiary/aromatic N) is 4. The standard InChI is InChI=1S/C28H34ClN5O2S/c1-19-17-22(20(2)34(19)24-18-21(29)8-9-25(24)35-3)27-26(23-7-4-5-10-30-23)31-28(37)33(27)12-6-11-32-13-15-36-16-14-32/h4-5,7-10,17-18,26-27H,6,11-16H2,1-3H3,(H,31,37)/t26-,27-/m1/s1. The molecule has 0 unspecified atom stereocenters. The molecule has 3 aromatic rings. The van der Waals surface area contributed by atoms with Crippen LogP contribution in [0.25, 0.3) is 5.69 Å². The molecule has 0 amide bonds. The summed E-state index contributed by atoms with van der Waals surface area (Å²) in [7, 11) is 1.69. The van der Waals surface area contributed by atoms with E-state index in [0.717, 1.165) is 79.4 Å². The minimum absolute atomic E-state index is 0.0113. The molecule has 2 saturated heterocycles. The van der Waals surface area contributed by atoms with Crippen LogP contribution in [0.5, 0.6) is 5.75 Å². The quantitative estimate of drug-likeness (QED) is 0.411. The molecule has 1 N–H and O–H groups in total. The van der Waals surface area contributed by atoms with E-state index in [9.17, 15) is 0 Å². The molecule has 0 saturated carbocycles. The van der Waals surface area contributed by atoms with Crippen molar-refractivity contribution >= 4 is 28.9 Å². The van der Waals surface area contributed by atoms with E-state index in [-0.39, 0.29) is 12.1 Å². The van der Waals surface area contributed by atoms with Gasteiger partial charge in [-0.2, -0.15) is 0 Å². The molecule has 2 aromatic heterocycles. The predicted molar refractivity (Wildman–Crippen MR) is 151 cm³/mol. The number of hydrogen-bond acceptors (Lipinski definition) is 5. The number of aryl methyl sites for hydroxylation is 1. The van der Waals surface area contributed by atoms with E-state index in [1.54, 1.807) is 7.11 Å². The average molecular weight is 540 g/mol. The van der Waals surface area contributed by atoms with Crippen molar-refractivity contribution in [3.05, 3.63) is 76.3 Å². The lowest BCUT2D eigenvalue weighted by molar-refractivity contribution is 0.0365. The summed E-state index contributed by atoms with van der Waals surface area (Å²) >= 11 is 12.3. The van der Waals surface area contributed by atoms with Gasteiger partial charge in [0.15, 0.2) is 5.11 Å². The van der Waals surface area contributed by atoms with E-state index in [1.807, 2.05) is 36.5 Å². The minimum Gasteiger partial charge on any atom is -0.495 e. The summed E-state index contributed by atoms with van der Waals surface area (Å²) in [5.74, 6) is 0.779. The Morgan fingerprint density at radius 3 is 2.68 bits per heavy atom. The van der Waals surface area contributed by atoms with Crippen LogP contribution in [0.4, 0.5) is 0 Å². The van der Waals surface area contributed by atoms with Crippen LogP contribution in [0.15, 0.2) is 48.7 Å². The maximum atomic E-state index is 6.40. The number of aromatic nitrogens is 2. The number of nitrogens with one attached hydrogen (secondary N) is 1. The zero-order valence-corrected chi connectivity index (χ0v) is 23.2. The largest absolute Gasteiger partial charge is 0.495 e. The fourth-order valence-electron chi connectivity index (χ4n) is 5.57. The number of thiocarbonyl (C=S) groups is 1. The molecule has 5 rings (SSSR count). The molecule has 196 valence electrons. The SMILES string of the molecule is COc1ccc(Cl)cc1-n1c(C)cc([C@@H]2[C@@H](c3ccccn3)NC(=S)N2CCCN2CCOCC2)c1C. The summed E-state index contributed by atoms with van der Waals surface area (Å²) in [5, 5.41) is 5.03. The van der Waals surface area contributed by atoms with Crippen LogP contribution >= 0.6 is 23.8 Å². The topological polar surface area (TPSA) is 54.8 Å². The number of halogens is 1. The Bertz CT molecular complexity index is 1240. The Kier molecular flexibility index (Phi) is 8.00. The lowest BCUT2D eigenvalue weighted by Gasteiger charge is -2.30. The molecular formula is C28H34ClN5O2S. The van der Waals surface area contributed by atoms with Crippen molar-refractivity contribution in [3.8, 4) is 11.4 Å². The van der Waals surface area contributed by atoms with Gasteiger partial charge in [0.05, 0.1) is 43.8 Å². The van der Waals surface area contributed by atoms with Gasteiger partial charge in [-0.15, -0.1) is 0 Å². The minimum atomic E-state index is -0.0488. The Morgan fingerprint density at radius 1 is 1.14 bits per heavy atom. The third kappa shape index (κ3) is 5.34. The molecule has 2 aliphatic rings. The summed E-state index contributed by atoms with van der Waals surface area (Å²) in [4.78, 5) is 9.51. The maximum Gasteiger partial charge on any atom is 0.170 e. The van der Waals surface area contributed by atoms with Gasteiger partial charge in [-0.3, -0.25) is 9.88 Å². The van der Waals surface area contributed by atoms with Crippen LogP contribution in [0.1, 0.15) is 41.1 Å². The van der Waals surface area contributed by atoms with E-state index in [2.05, 4.69) is 45.7 Å². The smallest absolute Gasteiger partial charge is 0.170 e. The van der Waals surface area contributed by atoms with Crippen LogP contribution < -0.4 is 10.1 Å². The molecule has 2 fully saturated rings. The van der Waals surface area contributed by atoms with E-state index < -0.39 is 0 Å². The highest BCUT2D eigenvalue weighted by molar-refractivity contribution is 7.80.